The molecule has 0 amide bonds. The number of ether oxygens (including phenoxy) is 1. The number of hydrogen-bond acceptors (Lipinski definition) is 9. The van der Waals surface area contributed by atoms with Gasteiger partial charge in [0.1, 0.15) is 22.5 Å². The molecule has 2 aromatic carbocycles. The van der Waals surface area contributed by atoms with Crippen LogP contribution in [0.2, 0.25) is 0 Å². The van der Waals surface area contributed by atoms with Crippen molar-refractivity contribution >= 4 is 37.6 Å². The maximum absolute atomic E-state index is 14.5. The Hall–Kier alpha value is -2.41. The third kappa shape index (κ3) is 9.09. The van der Waals surface area contributed by atoms with Gasteiger partial charge in [-0.1, -0.05) is 20.8 Å². The van der Waals surface area contributed by atoms with Gasteiger partial charge in [0.05, 0.1) is 16.1 Å². The van der Waals surface area contributed by atoms with E-state index in [-0.39, 0.29) is 15.2 Å². The molecule has 3 fully saturated rings. The summed E-state index contributed by atoms with van der Waals surface area (Å²) in [7, 11) is -3.95. The summed E-state index contributed by atoms with van der Waals surface area (Å²) in [6.45, 7) is 23.7. The zero-order chi connectivity index (χ0) is 37.4. The molecular formula is C41H61N5O4S2. The van der Waals surface area contributed by atoms with Gasteiger partial charge >= 0.3 is 0 Å². The molecule has 286 valence electrons. The van der Waals surface area contributed by atoms with Crippen LogP contribution < -0.4 is 9.64 Å². The first kappa shape index (κ1) is 39.3. The molecule has 3 aliphatic rings. The van der Waals surface area contributed by atoms with Crippen molar-refractivity contribution in [3.05, 3.63) is 48.7 Å². The minimum atomic E-state index is -3.95. The van der Waals surface area contributed by atoms with Crippen molar-refractivity contribution in [3.63, 3.8) is 0 Å². The third-order valence-electron chi connectivity index (χ3n) is 11.3. The average molecular weight is 752 g/mol. The Balaban J connectivity index is 1.19. The van der Waals surface area contributed by atoms with Crippen LogP contribution >= 0.6 is 0 Å². The molecule has 1 unspecified atom stereocenters. The van der Waals surface area contributed by atoms with Crippen molar-refractivity contribution in [2.45, 2.75) is 119 Å². The van der Waals surface area contributed by atoms with Gasteiger partial charge in [0.25, 0.3) is 0 Å². The van der Waals surface area contributed by atoms with Crippen LogP contribution in [0, 0.1) is 5.41 Å². The molecule has 0 spiro atoms. The van der Waals surface area contributed by atoms with Crippen molar-refractivity contribution in [1.82, 2.24) is 19.7 Å². The minimum Gasteiger partial charge on any atom is -0.612 e. The van der Waals surface area contributed by atoms with E-state index in [9.17, 15) is 13.0 Å². The van der Waals surface area contributed by atoms with Gasteiger partial charge in [-0.25, -0.2) is 8.42 Å². The Morgan fingerprint density at radius 1 is 0.846 bits per heavy atom. The van der Waals surface area contributed by atoms with Crippen LogP contribution in [-0.4, -0.2) is 115 Å². The second-order valence-electron chi connectivity index (χ2n) is 17.3. The molecular weight excluding hydrogens is 691 g/mol. The fourth-order valence-electron chi connectivity index (χ4n) is 8.98. The Morgan fingerprint density at radius 2 is 1.42 bits per heavy atom. The van der Waals surface area contributed by atoms with Gasteiger partial charge in [0.2, 0.25) is 9.84 Å². The fraction of sp³-hybridized carbons (Fsp3) is 0.634. The highest BCUT2D eigenvalue weighted by Gasteiger charge is 2.35. The first-order valence-electron chi connectivity index (χ1n) is 19.3. The summed E-state index contributed by atoms with van der Waals surface area (Å²) in [6.07, 6.45) is 8.39. The molecule has 0 N–H and O–H groups in total. The summed E-state index contributed by atoms with van der Waals surface area (Å²) in [5.41, 5.74) is 1.05. The molecule has 1 atom stereocenters. The number of aromatic nitrogens is 1. The van der Waals surface area contributed by atoms with E-state index in [1.165, 1.54) is 45.2 Å². The largest absolute Gasteiger partial charge is 0.612 e. The maximum Gasteiger partial charge on any atom is 0.210 e. The van der Waals surface area contributed by atoms with Gasteiger partial charge in [-0.2, -0.15) is 0 Å². The molecule has 3 aromatic rings. The number of fused-ring (bicyclic) bond motifs is 1. The lowest BCUT2D eigenvalue weighted by molar-refractivity contribution is 0.0359. The van der Waals surface area contributed by atoms with E-state index in [4.69, 9.17) is 4.74 Å². The summed E-state index contributed by atoms with van der Waals surface area (Å²) in [5.74, 6) is 0.639. The monoisotopic (exact) mass is 751 g/mol. The van der Waals surface area contributed by atoms with Crippen molar-refractivity contribution in [3.8, 4) is 5.75 Å². The summed E-state index contributed by atoms with van der Waals surface area (Å²) in [4.78, 5) is 15.9. The van der Waals surface area contributed by atoms with Crippen LogP contribution in [-0.2, 0) is 21.0 Å². The number of likely N-dealkylation sites (tertiary alicyclic amines) is 1. The number of sulfone groups is 1. The van der Waals surface area contributed by atoms with Crippen molar-refractivity contribution in [1.29, 1.82) is 0 Å². The first-order valence-corrected chi connectivity index (χ1v) is 22.3. The SMILES string of the molecule is CC(C)N1CCN(C2CCN(C3CCN(c4c(S(=O)(=O)c5ccc(OC(C)(C)CC(C)(C)C)cc5)cnc5ccc([S+](C)[O-])cc45)CC3)CC2)CC1. The molecule has 3 saturated heterocycles. The van der Waals surface area contributed by atoms with Gasteiger partial charge in [0, 0.05) is 75.0 Å². The number of piperidine rings is 2. The van der Waals surface area contributed by atoms with Gasteiger partial charge in [0.15, 0.2) is 4.90 Å². The summed E-state index contributed by atoms with van der Waals surface area (Å²) >= 11 is -1.22. The van der Waals surface area contributed by atoms with Crippen molar-refractivity contribution in [2.24, 2.45) is 5.41 Å². The summed E-state index contributed by atoms with van der Waals surface area (Å²) < 4.78 is 47.9. The Bertz CT molecular complexity index is 1770. The Kier molecular flexibility index (Phi) is 11.9. The van der Waals surface area contributed by atoms with Gasteiger partial charge in [-0.05, 0) is 126 Å². The number of nitrogens with zero attached hydrogens (tertiary/aromatic N) is 5. The molecule has 0 radical (unpaired) electrons. The topological polar surface area (TPSA) is 92.3 Å². The minimum absolute atomic E-state index is 0.0884. The molecule has 0 aliphatic carbocycles. The van der Waals surface area contributed by atoms with Gasteiger partial charge in [-0.3, -0.25) is 14.8 Å². The number of hydrogen-bond donors (Lipinski definition) is 0. The van der Waals surface area contributed by atoms with E-state index >= 15 is 0 Å². The standard InChI is InChI=1S/C41H61N5O4S2/c1-30(2)43-23-25-45(26-24-43)32-15-19-44(20-16-32)31-17-21-46(22-18-31)39-36-27-34(51(8)47)11-14-37(36)42-28-38(39)52(48,49)35-12-9-33(10-13-35)50-41(6,7)29-40(3,4)5/h9-14,27-28,30-32H,15-26,29H2,1-8H3. The number of anilines is 1. The predicted molar refractivity (Wildman–Crippen MR) is 213 cm³/mol. The van der Waals surface area contributed by atoms with Crippen LogP contribution in [0.5, 0.6) is 5.75 Å². The van der Waals surface area contributed by atoms with E-state index in [2.05, 4.69) is 73.0 Å². The van der Waals surface area contributed by atoms with E-state index in [1.54, 1.807) is 30.5 Å². The molecule has 0 bridgehead atoms. The number of benzene rings is 2. The predicted octanol–water partition coefficient (Wildman–Crippen LogP) is 6.86. The Labute approximate surface area is 316 Å². The average Bonchev–Trinajstić information content (AvgIpc) is 3.10. The smallest absolute Gasteiger partial charge is 0.210 e. The molecule has 3 aliphatic heterocycles. The van der Waals surface area contributed by atoms with Crippen LogP contribution in [0.4, 0.5) is 5.69 Å². The highest BCUT2D eigenvalue weighted by Crippen LogP contribution is 2.39. The van der Waals surface area contributed by atoms with Crippen molar-refractivity contribution < 1.29 is 17.7 Å². The summed E-state index contributed by atoms with van der Waals surface area (Å²) in [6, 6.07) is 14.1. The second-order valence-corrected chi connectivity index (χ2v) is 20.6. The number of piperazine rings is 1. The first-order chi connectivity index (χ1) is 24.5. The maximum atomic E-state index is 14.5. The molecule has 9 nitrogen and oxygen atoms in total. The molecule has 4 heterocycles. The zero-order valence-electron chi connectivity index (χ0n) is 32.7. The van der Waals surface area contributed by atoms with E-state index in [1.807, 2.05) is 18.2 Å². The molecule has 0 saturated carbocycles. The quantitative estimate of drug-likeness (QED) is 0.206. The third-order valence-corrected chi connectivity index (χ3v) is 14.0. The van der Waals surface area contributed by atoms with E-state index < -0.39 is 26.6 Å². The van der Waals surface area contributed by atoms with Crippen LogP contribution in [0.15, 0.2) is 63.3 Å². The van der Waals surface area contributed by atoms with Crippen LogP contribution in [0.1, 0.15) is 80.6 Å². The lowest BCUT2D eigenvalue weighted by Gasteiger charge is -2.46. The molecule has 52 heavy (non-hydrogen) atoms. The Morgan fingerprint density at radius 3 is 1.98 bits per heavy atom. The van der Waals surface area contributed by atoms with Crippen molar-refractivity contribution in [2.75, 3.05) is 63.5 Å². The molecule has 11 heteroatoms. The lowest BCUT2D eigenvalue weighted by atomic mass is 9.83. The zero-order valence-corrected chi connectivity index (χ0v) is 34.4. The second kappa shape index (κ2) is 15.7. The summed E-state index contributed by atoms with van der Waals surface area (Å²) in [5, 5.41) is 0.731. The number of pyridine rings is 1. The van der Waals surface area contributed by atoms with E-state index in [0.29, 0.717) is 40.0 Å². The van der Waals surface area contributed by atoms with Crippen LogP contribution in [0.3, 0.4) is 0 Å². The number of rotatable bonds is 10. The highest BCUT2D eigenvalue weighted by molar-refractivity contribution is 7.91. The van der Waals surface area contributed by atoms with Gasteiger partial charge < -0.3 is 19.1 Å². The van der Waals surface area contributed by atoms with E-state index in [0.717, 1.165) is 50.8 Å². The fourth-order valence-corrected chi connectivity index (χ4v) is 11.0. The van der Waals surface area contributed by atoms with Gasteiger partial charge in [-0.15, -0.1) is 0 Å². The highest BCUT2D eigenvalue weighted by atomic mass is 32.2. The van der Waals surface area contributed by atoms with Crippen LogP contribution in [0.25, 0.3) is 10.9 Å². The lowest BCUT2D eigenvalue weighted by Crippen LogP contribution is -2.56. The molecule has 6 rings (SSSR count). The molecule has 1 aromatic heterocycles. The normalized spacial score (nSPS) is 20.5.